The Bertz CT molecular complexity index is 5960. The lowest BCUT2D eigenvalue weighted by molar-refractivity contribution is -0.127. The normalized spacial score (nSPS) is 17.1. The van der Waals surface area contributed by atoms with Crippen molar-refractivity contribution in [3.05, 3.63) is 253 Å². The number of hydrogen-bond donors (Lipinski definition) is 12. The minimum Gasteiger partial charge on any atom is -0.364 e. The van der Waals surface area contributed by atoms with Crippen molar-refractivity contribution in [1.82, 2.24) is 90.0 Å². The fourth-order valence-electron chi connectivity index (χ4n) is 16.3. The predicted octanol–water partition coefficient (Wildman–Crippen LogP) is 8.95. The molecule has 43 nitrogen and oxygen atoms in total. The van der Waals surface area contributed by atoms with Crippen molar-refractivity contribution in [2.75, 3.05) is 125 Å². The van der Waals surface area contributed by atoms with Gasteiger partial charge in [-0.2, -0.15) is 15.0 Å². The molecule has 10 aromatic rings. The lowest BCUT2D eigenvalue weighted by atomic mass is 10.1. The highest BCUT2D eigenvalue weighted by molar-refractivity contribution is 6.00. The van der Waals surface area contributed by atoms with E-state index in [-0.39, 0.29) is 130 Å². The molecular weight excluding hydrogens is 1810 g/mol. The zero-order chi connectivity index (χ0) is 103. The second-order valence-corrected chi connectivity index (χ2v) is 34.5. The number of aromatic nitrogens is 13. The largest absolute Gasteiger partial charge is 0.364 e. The van der Waals surface area contributed by atoms with Crippen LogP contribution in [0.4, 0.5) is 87.0 Å². The highest BCUT2D eigenvalue weighted by Crippen LogP contribution is 2.33. The van der Waals surface area contributed by atoms with Gasteiger partial charge < -0.3 is 105 Å². The molecule has 5 saturated heterocycles. The molecule has 15 rings (SSSR count). The van der Waals surface area contributed by atoms with Crippen molar-refractivity contribution in [2.45, 2.75) is 136 Å². The summed E-state index contributed by atoms with van der Waals surface area (Å²) >= 11 is 0. The molecule has 0 aliphatic carbocycles. The lowest BCUT2D eigenvalue weighted by Crippen LogP contribution is -2.44. The van der Waals surface area contributed by atoms with E-state index < -0.39 is 29.5 Å². The number of nitrogens with one attached hydrogen (secondary N) is 7. The van der Waals surface area contributed by atoms with Crippen molar-refractivity contribution >= 4 is 146 Å². The first-order valence-corrected chi connectivity index (χ1v) is 45.9. The first kappa shape index (κ1) is 105. The number of nitrogens with two attached hydrogens (primary N) is 5. The van der Waals surface area contributed by atoms with Crippen molar-refractivity contribution in [1.29, 1.82) is 0 Å². The molecule has 5 aliphatic heterocycles. The minimum absolute atomic E-state index is 0.00313. The molecule has 0 radical (unpaired) electrons. The smallest absolute Gasteiger partial charge is 0.273 e. The predicted molar refractivity (Wildman–Crippen MR) is 545 cm³/mol. The highest BCUT2D eigenvalue weighted by atomic mass is 16.2. The minimum atomic E-state index is -0.721. The van der Waals surface area contributed by atoms with Gasteiger partial charge in [0.2, 0.25) is 47.4 Å². The van der Waals surface area contributed by atoms with Gasteiger partial charge in [-0.25, -0.2) is 19.9 Å². The second kappa shape index (κ2) is 49.1. The van der Waals surface area contributed by atoms with Crippen molar-refractivity contribution < 1.29 is 47.9 Å². The molecule has 142 heavy (non-hydrogen) atoms. The number of rotatable bonds is 30. The van der Waals surface area contributed by atoms with Gasteiger partial charge in [0.25, 0.3) is 29.5 Å². The van der Waals surface area contributed by atoms with Gasteiger partial charge >= 0.3 is 0 Å². The number of benzene rings is 5. The van der Waals surface area contributed by atoms with Gasteiger partial charge in [0, 0.05) is 126 Å². The molecule has 0 saturated carbocycles. The van der Waals surface area contributed by atoms with Gasteiger partial charge in [-0.15, -0.1) is 30.6 Å². The maximum atomic E-state index is 12.0. The van der Waals surface area contributed by atoms with Gasteiger partial charge in [0.15, 0.2) is 57.6 Å². The van der Waals surface area contributed by atoms with E-state index in [0.29, 0.717) is 75.2 Å². The molecule has 5 aromatic carbocycles. The zero-order valence-corrected chi connectivity index (χ0v) is 81.1. The Morgan fingerprint density at radius 2 is 0.669 bits per heavy atom. The monoisotopic (exact) mass is 1930 g/mol. The summed E-state index contributed by atoms with van der Waals surface area (Å²) in [4.78, 5) is 164. The SMILES string of the molecule is C=CC(=O)N1CCC[C@@H](Nc2cnc(C(N)=O)c(Nc3ccc(C)cc3)n2)C1.C=CC(=O)N1CCC[C@@H](Nc2nnc(C(N)=O)c(Nc3ccc(C)cc3)n2)C1.C=CC(=O)N1CC[C@@H](N(C)c2cnc(C(N)=O)c(Nc3ccc(C)cc3)n2)[C@H]1C.C=CC(=O)N1CC[C@@H](N(C)c2nnc(C(N)=O)c(Nc3ccc(C)cc3)n2)C1.C=CC(=O)N1CC[C@@H](N(C)c2nnc(C(N)=O)c(Nc3ccc(C)cc3)n2)[C@H]1C. The van der Waals surface area contributed by atoms with Crippen LogP contribution in [0, 0.1) is 34.6 Å². The molecule has 10 amide bonds. The van der Waals surface area contributed by atoms with Gasteiger partial charge in [0.1, 0.15) is 11.6 Å². The van der Waals surface area contributed by atoms with E-state index in [0.717, 1.165) is 108 Å². The Morgan fingerprint density at radius 1 is 0.345 bits per heavy atom. The van der Waals surface area contributed by atoms with Crippen LogP contribution in [0.25, 0.3) is 0 Å². The number of piperidine rings is 2. The summed E-state index contributed by atoms with van der Waals surface area (Å²) < 4.78 is 0. The first-order chi connectivity index (χ1) is 67.9. The molecule has 43 heteroatoms. The Labute approximate surface area is 822 Å². The van der Waals surface area contributed by atoms with E-state index >= 15 is 0 Å². The number of amides is 10. The van der Waals surface area contributed by atoms with E-state index in [1.54, 1.807) is 24.5 Å². The van der Waals surface area contributed by atoms with E-state index in [4.69, 9.17) is 28.7 Å². The van der Waals surface area contributed by atoms with Crippen molar-refractivity contribution in [2.24, 2.45) is 28.7 Å². The third kappa shape index (κ3) is 28.0. The number of likely N-dealkylation sites (tertiary alicyclic amines) is 5. The van der Waals surface area contributed by atoms with Crippen molar-refractivity contribution in [3.8, 4) is 0 Å². The van der Waals surface area contributed by atoms with Crippen LogP contribution in [0.15, 0.2) is 197 Å². The van der Waals surface area contributed by atoms with E-state index in [2.05, 4.69) is 136 Å². The molecule has 5 fully saturated rings. The van der Waals surface area contributed by atoms with Gasteiger partial charge in [-0.1, -0.05) is 121 Å². The fourth-order valence-corrected chi connectivity index (χ4v) is 16.3. The average molecular weight is 1930 g/mol. The Hall–Kier alpha value is -17.3. The summed E-state index contributed by atoms with van der Waals surface area (Å²) in [6.45, 7) is 36.6. The maximum absolute atomic E-state index is 12.0. The third-order valence-electron chi connectivity index (χ3n) is 24.3. The standard InChI is InChI=1S/C21H26N6O2.C20H25N7O2.C20H24N6O2.2C19H23N7O2/c1-5-18(28)27-11-10-16(14(27)3)26(4)17-12-23-19(20(22)29)21(25-17)24-15-8-6-13(2)7-9-15;1-5-16(28)27-11-10-15(13(27)3)26(4)20-23-19(17(18(21)29)24-25-20)22-14-8-6-12(2)7-9-14;1-3-17(27)26-10-4-5-15(12-26)23-16-11-22-18(19(21)28)20(25-16)24-14-8-6-13(2)7-9-14;1-4-15(27)26-10-9-14(11-26)25(3)19-22-18(16(17(20)28)23-24-19)21-13-7-5-12(2)6-8-13;1-3-15(27)26-10-4-5-14(11-26)22-19-23-18(16(17(20)28)24-25-19)21-13-8-6-12(2)7-9-13/h5-9,12,14,16H,1,10-11H2,2-4H3,(H2,22,29)(H,24,25);5-9,13,15H,1,10-11H2,2-4H3,(H2,21,29)(H,22,23,25);3,6-9,11,15H,1,4-5,10,12H2,2H3,(H2,21,28)(H2,23,24,25);4-8,14H,1,9-11H2,2-3H3,(H2,20,28)(H,21,22,24);3,6-9,14H,1,4-5,10-11H2,2H3,(H2,20,28)(H2,21,22,23,25)/t14-,16-;13-,15-;15-;2*14-/m11111/s1. The number of nitrogens with zero attached hydrogens (tertiary/aromatic N) is 21. The molecule has 5 aromatic heterocycles. The van der Waals surface area contributed by atoms with Crippen molar-refractivity contribution in [3.63, 3.8) is 0 Å². The molecule has 742 valence electrons. The van der Waals surface area contributed by atoms with E-state index in [1.165, 1.54) is 42.8 Å². The van der Waals surface area contributed by atoms with Crippen LogP contribution >= 0.6 is 0 Å². The zero-order valence-electron chi connectivity index (χ0n) is 81.1. The summed E-state index contributed by atoms with van der Waals surface area (Å²) in [7, 11) is 5.59. The molecule has 0 bridgehead atoms. The van der Waals surface area contributed by atoms with Gasteiger partial charge in [0.05, 0.1) is 30.5 Å². The topological polar surface area (TPSA) is 578 Å². The summed E-state index contributed by atoms with van der Waals surface area (Å²) in [5.74, 6) is -0.573. The fraction of sp³-hybridized carbons (Fsp3) is 0.323. The van der Waals surface area contributed by atoms with Crippen LogP contribution in [0.1, 0.15) is 139 Å². The quantitative estimate of drug-likeness (QED) is 0.0187. The van der Waals surface area contributed by atoms with Crippen LogP contribution in [0.5, 0.6) is 0 Å². The number of likely N-dealkylation sites (N-methyl/N-ethyl adjacent to an activating group) is 3. The second-order valence-electron chi connectivity index (χ2n) is 34.5. The number of primary amides is 5. The highest BCUT2D eigenvalue weighted by Gasteiger charge is 2.39. The number of carbonyl (C=O) groups excluding carboxylic acids is 10. The Kier molecular flexibility index (Phi) is 36.4. The number of anilines is 15. The average Bonchev–Trinajstić information content (AvgIpc) is 1.62. The lowest BCUT2D eigenvalue weighted by Gasteiger charge is -2.32. The molecular formula is C99H121N33O10. The third-order valence-corrected chi connectivity index (χ3v) is 24.3. The van der Waals surface area contributed by atoms with E-state index in [1.807, 2.05) is 206 Å². The molecule has 0 spiro atoms. The molecule has 5 aliphatic rings. The molecule has 17 N–H and O–H groups in total. The summed E-state index contributed by atoms with van der Waals surface area (Å²) in [5.41, 5.74) is 36.6. The van der Waals surface area contributed by atoms with Crippen LogP contribution < -0.4 is 80.6 Å². The summed E-state index contributed by atoms with van der Waals surface area (Å²) in [6, 6.07) is 38.4. The Balaban J connectivity index is 0.000000169. The van der Waals surface area contributed by atoms with Gasteiger partial charge in [-0.05, 0) is 184 Å². The number of aryl methyl sites for hydroxylation is 5. The Morgan fingerprint density at radius 3 is 1.04 bits per heavy atom. The molecule has 7 atom stereocenters. The van der Waals surface area contributed by atoms with Crippen LogP contribution in [0.3, 0.4) is 0 Å². The summed E-state index contributed by atoms with van der Waals surface area (Å²) in [5, 5.41) is 45.9. The number of carbonyl (C=O) groups is 10. The maximum Gasteiger partial charge on any atom is 0.273 e. The first-order valence-electron chi connectivity index (χ1n) is 45.9. The molecule has 0 unspecified atom stereocenters. The molecule has 10 heterocycles. The van der Waals surface area contributed by atoms with Crippen LogP contribution in [0.2, 0.25) is 0 Å². The van der Waals surface area contributed by atoms with Crippen LogP contribution in [-0.2, 0) is 24.0 Å². The number of hydrogen-bond acceptors (Lipinski definition) is 33. The summed E-state index contributed by atoms with van der Waals surface area (Å²) in [6.07, 6.45) is 15.5. The van der Waals surface area contributed by atoms with Crippen LogP contribution in [-0.4, -0.2) is 265 Å². The van der Waals surface area contributed by atoms with Gasteiger partial charge in [-0.3, -0.25) is 47.9 Å². The van der Waals surface area contributed by atoms with E-state index in [9.17, 15) is 47.9 Å².